The summed E-state index contributed by atoms with van der Waals surface area (Å²) in [5, 5.41) is 0. The second-order valence-electron chi connectivity index (χ2n) is 6.29. The number of morpholine rings is 1. The van der Waals surface area contributed by atoms with Gasteiger partial charge in [0.2, 0.25) is 0 Å². The smallest absolute Gasteiger partial charge is 0.127 e. The molecule has 3 heteroatoms. The molecule has 1 saturated heterocycles. The Kier molecular flexibility index (Phi) is 5.65. The Balaban J connectivity index is 1.75. The topological polar surface area (TPSA) is 29.5 Å². The first-order valence-corrected chi connectivity index (χ1v) is 8.76. The number of hydrogen-bond donors (Lipinski definition) is 0. The lowest BCUT2D eigenvalue weighted by atomic mass is 9.90. The summed E-state index contributed by atoms with van der Waals surface area (Å²) >= 11 is 0. The van der Waals surface area contributed by atoms with Crippen LogP contribution in [-0.4, -0.2) is 32.6 Å². The van der Waals surface area contributed by atoms with Crippen molar-refractivity contribution in [2.75, 3.05) is 31.2 Å². The van der Waals surface area contributed by atoms with Gasteiger partial charge in [-0.3, -0.25) is 0 Å². The summed E-state index contributed by atoms with van der Waals surface area (Å²) in [6, 6.07) is 17.1. The van der Waals surface area contributed by atoms with Gasteiger partial charge in [0, 0.05) is 24.7 Å². The molecule has 2 aromatic carbocycles. The van der Waals surface area contributed by atoms with E-state index in [2.05, 4.69) is 54.3 Å². The summed E-state index contributed by atoms with van der Waals surface area (Å²) in [5.74, 6) is -0.00572. The highest BCUT2D eigenvalue weighted by Gasteiger charge is 2.13. The maximum absolute atomic E-state index is 11.3. The van der Waals surface area contributed by atoms with Gasteiger partial charge >= 0.3 is 0 Å². The lowest BCUT2D eigenvalue weighted by Crippen LogP contribution is -2.36. The van der Waals surface area contributed by atoms with Crippen molar-refractivity contribution in [2.45, 2.75) is 25.7 Å². The van der Waals surface area contributed by atoms with Gasteiger partial charge in [-0.1, -0.05) is 43.3 Å². The van der Waals surface area contributed by atoms with E-state index in [0.717, 1.165) is 51.0 Å². The van der Waals surface area contributed by atoms with Gasteiger partial charge in [0.15, 0.2) is 0 Å². The van der Waals surface area contributed by atoms with Crippen LogP contribution in [0.3, 0.4) is 0 Å². The van der Waals surface area contributed by atoms with Crippen LogP contribution in [0.2, 0.25) is 0 Å². The van der Waals surface area contributed by atoms with Gasteiger partial charge < -0.3 is 14.4 Å². The first-order valence-electron chi connectivity index (χ1n) is 8.76. The SMILES string of the molecule is CCC(C=O)c1ccccc1Cc1ccc(N2CCOCC2)cc1. The number of hydrogen-bond acceptors (Lipinski definition) is 3. The zero-order valence-electron chi connectivity index (χ0n) is 14.3. The molecule has 0 bridgehead atoms. The van der Waals surface area contributed by atoms with Crippen molar-refractivity contribution in [3.05, 3.63) is 65.2 Å². The molecule has 0 radical (unpaired) electrons. The van der Waals surface area contributed by atoms with Gasteiger partial charge in [-0.25, -0.2) is 0 Å². The number of benzene rings is 2. The van der Waals surface area contributed by atoms with E-state index in [1.165, 1.54) is 16.8 Å². The third-order valence-electron chi connectivity index (χ3n) is 4.77. The second kappa shape index (κ2) is 8.11. The predicted molar refractivity (Wildman–Crippen MR) is 97.8 cm³/mol. The highest BCUT2D eigenvalue weighted by Crippen LogP contribution is 2.25. The molecule has 1 heterocycles. The third-order valence-corrected chi connectivity index (χ3v) is 4.77. The van der Waals surface area contributed by atoms with Gasteiger partial charge in [0.25, 0.3) is 0 Å². The van der Waals surface area contributed by atoms with Gasteiger partial charge in [-0.05, 0) is 41.7 Å². The van der Waals surface area contributed by atoms with Crippen LogP contribution in [-0.2, 0) is 16.0 Å². The lowest BCUT2D eigenvalue weighted by Gasteiger charge is -2.29. The molecule has 3 rings (SSSR count). The molecular weight excluding hydrogens is 298 g/mol. The van der Waals surface area contributed by atoms with Gasteiger partial charge in [-0.2, -0.15) is 0 Å². The maximum Gasteiger partial charge on any atom is 0.127 e. The van der Waals surface area contributed by atoms with Crippen molar-refractivity contribution < 1.29 is 9.53 Å². The molecule has 0 amide bonds. The first kappa shape index (κ1) is 16.7. The van der Waals surface area contributed by atoms with Crippen LogP contribution < -0.4 is 4.90 Å². The van der Waals surface area contributed by atoms with Crippen LogP contribution in [0.4, 0.5) is 5.69 Å². The van der Waals surface area contributed by atoms with Crippen molar-refractivity contribution in [3.8, 4) is 0 Å². The Morgan fingerprint density at radius 2 is 1.79 bits per heavy atom. The van der Waals surface area contributed by atoms with E-state index in [-0.39, 0.29) is 5.92 Å². The van der Waals surface area contributed by atoms with Crippen LogP contribution in [0.5, 0.6) is 0 Å². The van der Waals surface area contributed by atoms with Gasteiger partial charge in [-0.15, -0.1) is 0 Å². The summed E-state index contributed by atoms with van der Waals surface area (Å²) in [6.45, 7) is 5.59. The normalized spacial score (nSPS) is 16.0. The molecule has 1 atom stereocenters. The monoisotopic (exact) mass is 323 g/mol. The molecule has 0 spiro atoms. The number of rotatable bonds is 6. The number of anilines is 1. The average molecular weight is 323 g/mol. The maximum atomic E-state index is 11.3. The number of ether oxygens (including phenoxy) is 1. The van der Waals surface area contributed by atoms with E-state index in [9.17, 15) is 4.79 Å². The quantitative estimate of drug-likeness (QED) is 0.757. The van der Waals surface area contributed by atoms with Crippen molar-refractivity contribution in [1.82, 2.24) is 0 Å². The van der Waals surface area contributed by atoms with Crippen molar-refractivity contribution in [1.29, 1.82) is 0 Å². The lowest BCUT2D eigenvalue weighted by molar-refractivity contribution is -0.109. The minimum absolute atomic E-state index is 0.00572. The van der Waals surface area contributed by atoms with Crippen molar-refractivity contribution in [3.63, 3.8) is 0 Å². The minimum atomic E-state index is -0.00572. The molecule has 0 saturated carbocycles. The number of carbonyl (C=O) groups excluding carboxylic acids is 1. The molecule has 126 valence electrons. The molecule has 0 N–H and O–H groups in total. The fourth-order valence-corrected chi connectivity index (χ4v) is 3.31. The molecule has 24 heavy (non-hydrogen) atoms. The number of nitrogens with zero attached hydrogens (tertiary/aromatic N) is 1. The fourth-order valence-electron chi connectivity index (χ4n) is 3.31. The third kappa shape index (κ3) is 3.85. The highest BCUT2D eigenvalue weighted by atomic mass is 16.5. The zero-order valence-corrected chi connectivity index (χ0v) is 14.3. The van der Waals surface area contributed by atoms with E-state index >= 15 is 0 Å². The summed E-state index contributed by atoms with van der Waals surface area (Å²) in [6.07, 6.45) is 2.78. The Labute approximate surface area is 144 Å². The predicted octanol–water partition coefficient (Wildman–Crippen LogP) is 3.81. The van der Waals surface area contributed by atoms with Crippen molar-refractivity contribution >= 4 is 12.0 Å². The van der Waals surface area contributed by atoms with E-state index in [1.807, 2.05) is 6.07 Å². The summed E-state index contributed by atoms with van der Waals surface area (Å²) < 4.78 is 5.41. The Hall–Kier alpha value is -2.13. The van der Waals surface area contributed by atoms with Crippen LogP contribution >= 0.6 is 0 Å². The molecule has 2 aromatic rings. The largest absolute Gasteiger partial charge is 0.378 e. The van der Waals surface area contributed by atoms with Crippen LogP contribution in [0, 0.1) is 0 Å². The zero-order chi connectivity index (χ0) is 16.8. The van der Waals surface area contributed by atoms with E-state index in [4.69, 9.17) is 4.74 Å². The van der Waals surface area contributed by atoms with Crippen molar-refractivity contribution in [2.24, 2.45) is 0 Å². The van der Waals surface area contributed by atoms with Crippen LogP contribution in [0.15, 0.2) is 48.5 Å². The van der Waals surface area contributed by atoms with Crippen LogP contribution in [0.25, 0.3) is 0 Å². The molecule has 1 unspecified atom stereocenters. The average Bonchev–Trinajstić information content (AvgIpc) is 2.65. The first-order chi connectivity index (χ1) is 11.8. The number of aldehydes is 1. The second-order valence-corrected chi connectivity index (χ2v) is 6.29. The van der Waals surface area contributed by atoms with Gasteiger partial charge in [0.05, 0.1) is 13.2 Å². The Bertz CT molecular complexity index is 660. The van der Waals surface area contributed by atoms with E-state index < -0.39 is 0 Å². The molecular formula is C21H25NO2. The summed E-state index contributed by atoms with van der Waals surface area (Å²) in [4.78, 5) is 13.7. The number of carbonyl (C=O) groups is 1. The summed E-state index contributed by atoms with van der Waals surface area (Å²) in [7, 11) is 0. The van der Waals surface area contributed by atoms with E-state index in [1.54, 1.807) is 0 Å². The van der Waals surface area contributed by atoms with Crippen LogP contribution in [0.1, 0.15) is 36.0 Å². The standard InChI is InChI=1S/C21H25NO2/c1-2-18(16-23)21-6-4-3-5-19(21)15-17-7-9-20(10-8-17)22-11-13-24-14-12-22/h3-10,16,18H,2,11-15H2,1H3. The minimum Gasteiger partial charge on any atom is -0.378 e. The fraction of sp³-hybridized carbons (Fsp3) is 0.381. The molecule has 1 fully saturated rings. The molecule has 0 aromatic heterocycles. The van der Waals surface area contributed by atoms with Gasteiger partial charge in [0.1, 0.15) is 6.29 Å². The van der Waals surface area contributed by atoms with E-state index in [0.29, 0.717) is 0 Å². The Morgan fingerprint density at radius 1 is 1.08 bits per heavy atom. The molecule has 1 aliphatic heterocycles. The Morgan fingerprint density at radius 3 is 2.46 bits per heavy atom. The summed E-state index contributed by atoms with van der Waals surface area (Å²) in [5.41, 5.74) is 4.94. The highest BCUT2D eigenvalue weighted by molar-refractivity contribution is 5.63. The molecule has 1 aliphatic rings. The molecule has 0 aliphatic carbocycles. The molecule has 3 nitrogen and oxygen atoms in total.